The summed E-state index contributed by atoms with van der Waals surface area (Å²) in [5.41, 5.74) is 4.29. The second kappa shape index (κ2) is 8.93. The molecule has 0 unspecified atom stereocenters. The van der Waals surface area contributed by atoms with E-state index in [0.717, 1.165) is 35.6 Å². The van der Waals surface area contributed by atoms with Crippen LogP contribution in [0.3, 0.4) is 0 Å². The molecular weight excluding hydrogens is 340 g/mol. The van der Waals surface area contributed by atoms with Crippen LogP contribution in [-0.2, 0) is 11.3 Å². The van der Waals surface area contributed by atoms with Crippen molar-refractivity contribution in [2.45, 2.75) is 33.6 Å². The lowest BCUT2D eigenvalue weighted by Gasteiger charge is -2.06. The third-order valence-electron chi connectivity index (χ3n) is 3.78. The van der Waals surface area contributed by atoms with E-state index in [1.54, 1.807) is 18.5 Å². The molecule has 3 aromatic heterocycles. The van der Waals surface area contributed by atoms with E-state index in [0.29, 0.717) is 24.0 Å². The van der Waals surface area contributed by atoms with Crippen molar-refractivity contribution in [2.24, 2.45) is 5.16 Å². The highest BCUT2D eigenvalue weighted by Gasteiger charge is 2.07. The molecule has 0 bridgehead atoms. The minimum atomic E-state index is 0.491. The molecule has 3 rings (SSSR count). The Morgan fingerprint density at radius 3 is 2.59 bits per heavy atom. The minimum Gasteiger partial charge on any atom is -0.395 e. The number of hydrogen-bond acceptors (Lipinski definition) is 7. The molecule has 7 heteroatoms. The van der Waals surface area contributed by atoms with Crippen molar-refractivity contribution in [1.29, 1.82) is 0 Å². The number of rotatable bonds is 7. The molecule has 0 fully saturated rings. The first kappa shape index (κ1) is 18.6. The van der Waals surface area contributed by atoms with Crippen LogP contribution in [0, 0.1) is 13.8 Å². The highest BCUT2D eigenvalue weighted by atomic mass is 16.6. The molecule has 0 aromatic carbocycles. The van der Waals surface area contributed by atoms with Crippen LogP contribution in [0.5, 0.6) is 0 Å². The fourth-order valence-corrected chi connectivity index (χ4v) is 2.53. The number of nitrogens with zero attached hydrogens (tertiary/aromatic N) is 6. The Balaban J connectivity index is 1.57. The molecular formula is C20H22N6O. The standard InChI is InChI=1S/C20H22N6O/c1-14-7-4-9-18(23-14)20-24-15(2)13-17(25-20)8-5-12-27-26-16(3)19-21-10-6-11-22-19/h4,6-7,9-11,13H,5,8,12H2,1-3H3/b26-16+. The Kier molecular flexibility index (Phi) is 6.14. The zero-order chi connectivity index (χ0) is 19.1. The number of pyridine rings is 1. The summed E-state index contributed by atoms with van der Waals surface area (Å²) in [5, 5.41) is 4.07. The number of hydrogen-bond donors (Lipinski definition) is 0. The molecule has 0 N–H and O–H groups in total. The maximum absolute atomic E-state index is 5.38. The van der Waals surface area contributed by atoms with Crippen LogP contribution < -0.4 is 0 Å². The molecule has 3 aromatic rings. The van der Waals surface area contributed by atoms with Gasteiger partial charge in [0.1, 0.15) is 18.0 Å². The smallest absolute Gasteiger partial charge is 0.178 e. The molecule has 0 atom stereocenters. The predicted molar refractivity (Wildman–Crippen MR) is 103 cm³/mol. The summed E-state index contributed by atoms with van der Waals surface area (Å²) in [5.74, 6) is 1.23. The van der Waals surface area contributed by atoms with Crippen LogP contribution in [0.2, 0.25) is 0 Å². The summed E-state index contributed by atoms with van der Waals surface area (Å²) in [6, 6.07) is 9.61. The summed E-state index contributed by atoms with van der Waals surface area (Å²) < 4.78 is 0. The fourth-order valence-electron chi connectivity index (χ4n) is 2.53. The first-order chi connectivity index (χ1) is 13.1. The topological polar surface area (TPSA) is 86.0 Å². The van der Waals surface area contributed by atoms with Gasteiger partial charge in [-0.2, -0.15) is 0 Å². The predicted octanol–water partition coefficient (Wildman–Crippen LogP) is 3.32. The first-order valence-electron chi connectivity index (χ1n) is 8.84. The summed E-state index contributed by atoms with van der Waals surface area (Å²) >= 11 is 0. The lowest BCUT2D eigenvalue weighted by Crippen LogP contribution is -2.04. The quantitative estimate of drug-likeness (QED) is 0.364. The molecule has 0 saturated carbocycles. The van der Waals surface area contributed by atoms with Gasteiger partial charge in [-0.3, -0.25) is 0 Å². The van der Waals surface area contributed by atoms with Crippen LogP contribution in [0.15, 0.2) is 47.9 Å². The zero-order valence-corrected chi connectivity index (χ0v) is 15.8. The van der Waals surface area contributed by atoms with E-state index in [4.69, 9.17) is 4.84 Å². The molecule has 0 spiro atoms. The molecule has 0 amide bonds. The maximum Gasteiger partial charge on any atom is 0.178 e. The van der Waals surface area contributed by atoms with Crippen molar-refractivity contribution in [3.8, 4) is 11.5 Å². The van der Waals surface area contributed by atoms with Gasteiger partial charge in [-0.25, -0.2) is 24.9 Å². The number of aryl methyl sites for hydroxylation is 3. The van der Waals surface area contributed by atoms with E-state index in [-0.39, 0.29) is 0 Å². The summed E-state index contributed by atoms with van der Waals surface area (Å²) in [6.07, 6.45) is 4.93. The van der Waals surface area contributed by atoms with E-state index < -0.39 is 0 Å². The van der Waals surface area contributed by atoms with Gasteiger partial charge >= 0.3 is 0 Å². The van der Waals surface area contributed by atoms with Crippen LogP contribution in [0.1, 0.15) is 36.3 Å². The van der Waals surface area contributed by atoms with E-state index in [2.05, 4.69) is 30.1 Å². The Morgan fingerprint density at radius 2 is 1.81 bits per heavy atom. The lowest BCUT2D eigenvalue weighted by atomic mass is 10.2. The van der Waals surface area contributed by atoms with Crippen molar-refractivity contribution in [3.05, 3.63) is 65.6 Å². The summed E-state index contributed by atoms with van der Waals surface area (Å²) in [7, 11) is 0. The van der Waals surface area contributed by atoms with Gasteiger partial charge in [-0.15, -0.1) is 0 Å². The van der Waals surface area contributed by atoms with Crippen molar-refractivity contribution in [3.63, 3.8) is 0 Å². The van der Waals surface area contributed by atoms with Gasteiger partial charge in [-0.1, -0.05) is 11.2 Å². The third-order valence-corrected chi connectivity index (χ3v) is 3.78. The molecule has 3 heterocycles. The average molecular weight is 362 g/mol. The second-order valence-corrected chi connectivity index (χ2v) is 6.17. The van der Waals surface area contributed by atoms with Gasteiger partial charge in [0.25, 0.3) is 0 Å². The molecule has 0 aliphatic heterocycles. The molecule has 27 heavy (non-hydrogen) atoms. The molecule has 0 aliphatic carbocycles. The molecule has 0 aliphatic rings. The SMILES string of the molecule is C/C(=N\OCCCc1cc(C)nc(-c2cccc(C)n2)n1)c1ncccn1. The summed E-state index contributed by atoms with van der Waals surface area (Å²) in [4.78, 5) is 27.3. The summed E-state index contributed by atoms with van der Waals surface area (Å²) in [6.45, 7) is 6.24. The van der Waals surface area contributed by atoms with Crippen molar-refractivity contribution < 1.29 is 4.84 Å². The Labute approximate surface area is 158 Å². The highest BCUT2D eigenvalue weighted by Crippen LogP contribution is 2.14. The van der Waals surface area contributed by atoms with Gasteiger partial charge in [0.2, 0.25) is 0 Å². The highest BCUT2D eigenvalue weighted by molar-refractivity contribution is 5.94. The molecule has 0 saturated heterocycles. The second-order valence-electron chi connectivity index (χ2n) is 6.17. The Hall–Kier alpha value is -3.22. The van der Waals surface area contributed by atoms with Gasteiger partial charge in [-0.05, 0) is 57.9 Å². The van der Waals surface area contributed by atoms with Crippen LogP contribution in [-0.4, -0.2) is 37.2 Å². The van der Waals surface area contributed by atoms with Crippen LogP contribution in [0.4, 0.5) is 0 Å². The van der Waals surface area contributed by atoms with Crippen molar-refractivity contribution >= 4 is 5.71 Å². The van der Waals surface area contributed by atoms with Crippen LogP contribution in [0.25, 0.3) is 11.5 Å². The average Bonchev–Trinajstić information content (AvgIpc) is 2.68. The van der Waals surface area contributed by atoms with Crippen molar-refractivity contribution in [2.75, 3.05) is 6.61 Å². The Morgan fingerprint density at radius 1 is 1.00 bits per heavy atom. The molecule has 7 nitrogen and oxygen atoms in total. The molecule has 0 radical (unpaired) electrons. The largest absolute Gasteiger partial charge is 0.395 e. The molecule has 138 valence electrons. The zero-order valence-electron chi connectivity index (χ0n) is 15.8. The first-order valence-corrected chi connectivity index (χ1v) is 8.84. The van der Waals surface area contributed by atoms with Crippen LogP contribution >= 0.6 is 0 Å². The van der Waals surface area contributed by atoms with E-state index in [1.807, 2.05) is 45.0 Å². The number of oxime groups is 1. The minimum absolute atomic E-state index is 0.491. The van der Waals surface area contributed by atoms with Gasteiger partial charge in [0, 0.05) is 29.5 Å². The van der Waals surface area contributed by atoms with E-state index in [9.17, 15) is 0 Å². The lowest BCUT2D eigenvalue weighted by molar-refractivity contribution is 0.141. The van der Waals surface area contributed by atoms with E-state index >= 15 is 0 Å². The maximum atomic E-state index is 5.38. The van der Waals surface area contributed by atoms with Gasteiger partial charge in [0.15, 0.2) is 11.6 Å². The van der Waals surface area contributed by atoms with Gasteiger partial charge in [0.05, 0.1) is 0 Å². The normalized spacial score (nSPS) is 11.4. The number of aromatic nitrogens is 5. The van der Waals surface area contributed by atoms with Gasteiger partial charge < -0.3 is 4.84 Å². The monoisotopic (exact) mass is 362 g/mol. The van der Waals surface area contributed by atoms with E-state index in [1.165, 1.54) is 0 Å². The third kappa shape index (κ3) is 5.37. The van der Waals surface area contributed by atoms with Crippen molar-refractivity contribution in [1.82, 2.24) is 24.9 Å². The Bertz CT molecular complexity index is 927. The fraction of sp³-hybridized carbons (Fsp3) is 0.300.